The van der Waals surface area contributed by atoms with Gasteiger partial charge in [-0.25, -0.2) is 13.6 Å². The molecule has 0 bridgehead atoms. The molecule has 1 aromatic rings. The number of cyclic esters (lactones) is 1. The normalized spacial score (nSPS) is 20.2. The Kier molecular flexibility index (Phi) is 7.17. The molecule has 0 saturated carbocycles. The average molecular weight is 455 g/mol. The molecule has 2 N–H and O–H groups in total. The van der Waals surface area contributed by atoms with Gasteiger partial charge in [-0.2, -0.15) is 0 Å². The van der Waals surface area contributed by atoms with E-state index in [-0.39, 0.29) is 56.5 Å². The van der Waals surface area contributed by atoms with E-state index in [1.165, 1.54) is 14.0 Å². The van der Waals surface area contributed by atoms with Crippen LogP contribution in [0.15, 0.2) is 12.1 Å². The van der Waals surface area contributed by atoms with Crippen molar-refractivity contribution in [2.45, 2.75) is 32.3 Å². The van der Waals surface area contributed by atoms with Crippen molar-refractivity contribution in [3.05, 3.63) is 23.8 Å². The SMILES string of the molecule is COCC1(CC(=O)O)CCN(c2c(F)cc(N3C[C@H](CNC(C)=O)OC3=O)cc2F)CC1. The molecule has 9 nitrogen and oxygen atoms in total. The minimum Gasteiger partial charge on any atom is -0.481 e. The van der Waals surface area contributed by atoms with Crippen LogP contribution in [0.1, 0.15) is 26.2 Å². The number of carboxylic acid groups (broad SMARTS) is 1. The van der Waals surface area contributed by atoms with Crippen molar-refractivity contribution in [2.75, 3.05) is 49.7 Å². The van der Waals surface area contributed by atoms with Gasteiger partial charge in [-0.15, -0.1) is 0 Å². The van der Waals surface area contributed by atoms with Crippen molar-refractivity contribution in [2.24, 2.45) is 5.41 Å². The van der Waals surface area contributed by atoms with Crippen LogP contribution in [0.25, 0.3) is 0 Å². The van der Waals surface area contributed by atoms with Gasteiger partial charge in [0.05, 0.1) is 31.8 Å². The lowest BCUT2D eigenvalue weighted by Crippen LogP contribution is -2.44. The van der Waals surface area contributed by atoms with E-state index in [2.05, 4.69) is 5.32 Å². The molecular weight excluding hydrogens is 428 g/mol. The summed E-state index contributed by atoms with van der Waals surface area (Å²) >= 11 is 0. The van der Waals surface area contributed by atoms with Crippen LogP contribution in [0.3, 0.4) is 0 Å². The highest BCUT2D eigenvalue weighted by Gasteiger charge is 2.38. The summed E-state index contributed by atoms with van der Waals surface area (Å²) in [6, 6.07) is 2.16. The van der Waals surface area contributed by atoms with E-state index >= 15 is 0 Å². The molecule has 2 aliphatic heterocycles. The highest BCUT2D eigenvalue weighted by molar-refractivity contribution is 5.90. The molecule has 0 spiro atoms. The summed E-state index contributed by atoms with van der Waals surface area (Å²) in [5, 5.41) is 11.8. The molecule has 32 heavy (non-hydrogen) atoms. The second kappa shape index (κ2) is 9.68. The zero-order chi connectivity index (χ0) is 23.5. The first-order valence-electron chi connectivity index (χ1n) is 10.3. The maximum absolute atomic E-state index is 14.9. The maximum atomic E-state index is 14.9. The summed E-state index contributed by atoms with van der Waals surface area (Å²) < 4.78 is 40.2. The molecule has 2 aliphatic rings. The number of piperidine rings is 1. The standard InChI is InChI=1S/C21H27F2N3O6/c1-13(27)24-10-15-11-26(20(30)32-15)14-7-16(22)19(17(23)8-14)25-5-3-21(4-6-25,12-31-2)9-18(28)29/h7-8,15H,3-6,9-12H2,1-2H3,(H,24,27)(H,28,29)/t15-/m0/s1. The van der Waals surface area contributed by atoms with Gasteiger partial charge in [0.1, 0.15) is 11.8 Å². The average Bonchev–Trinajstić information content (AvgIpc) is 3.08. The quantitative estimate of drug-likeness (QED) is 0.618. The zero-order valence-electron chi connectivity index (χ0n) is 18.0. The van der Waals surface area contributed by atoms with Crippen molar-refractivity contribution < 1.29 is 37.7 Å². The number of ether oxygens (including phenoxy) is 2. The van der Waals surface area contributed by atoms with Crippen LogP contribution < -0.4 is 15.1 Å². The number of carbonyl (C=O) groups is 3. The van der Waals surface area contributed by atoms with Gasteiger partial charge in [-0.3, -0.25) is 14.5 Å². The first-order chi connectivity index (χ1) is 15.1. The Morgan fingerprint density at radius 3 is 2.44 bits per heavy atom. The number of benzene rings is 1. The second-order valence-corrected chi connectivity index (χ2v) is 8.30. The fourth-order valence-electron chi connectivity index (χ4n) is 4.31. The Morgan fingerprint density at radius 2 is 1.91 bits per heavy atom. The van der Waals surface area contributed by atoms with Gasteiger partial charge in [0.2, 0.25) is 5.91 Å². The third kappa shape index (κ3) is 5.26. The van der Waals surface area contributed by atoms with Crippen molar-refractivity contribution in [1.29, 1.82) is 0 Å². The number of amides is 2. The highest BCUT2D eigenvalue weighted by Crippen LogP contribution is 2.39. The van der Waals surface area contributed by atoms with E-state index < -0.39 is 35.2 Å². The van der Waals surface area contributed by atoms with E-state index in [0.717, 1.165) is 17.0 Å². The van der Waals surface area contributed by atoms with Crippen LogP contribution in [-0.4, -0.2) is 69.1 Å². The molecule has 3 rings (SSSR count). The van der Waals surface area contributed by atoms with Gasteiger partial charge in [-0.05, 0) is 12.8 Å². The van der Waals surface area contributed by atoms with Gasteiger partial charge in [-0.1, -0.05) is 0 Å². The lowest BCUT2D eigenvalue weighted by Gasteiger charge is -2.41. The highest BCUT2D eigenvalue weighted by atomic mass is 19.1. The number of aliphatic carboxylic acids is 1. The third-order valence-corrected chi connectivity index (χ3v) is 5.88. The minimum atomic E-state index is -0.938. The number of methoxy groups -OCH3 is 1. The smallest absolute Gasteiger partial charge is 0.414 e. The Hall–Kier alpha value is -2.95. The maximum Gasteiger partial charge on any atom is 0.414 e. The number of hydrogen-bond acceptors (Lipinski definition) is 6. The number of halogens is 2. The molecule has 11 heteroatoms. The fraction of sp³-hybridized carbons (Fsp3) is 0.571. The second-order valence-electron chi connectivity index (χ2n) is 8.30. The first kappa shape index (κ1) is 23.7. The molecule has 1 atom stereocenters. The van der Waals surface area contributed by atoms with Crippen molar-refractivity contribution in [3.8, 4) is 0 Å². The zero-order valence-corrected chi connectivity index (χ0v) is 18.0. The number of rotatable bonds is 8. The number of nitrogens with zero attached hydrogens (tertiary/aromatic N) is 2. The first-order valence-corrected chi connectivity index (χ1v) is 10.3. The van der Waals surface area contributed by atoms with E-state index in [9.17, 15) is 28.3 Å². The summed E-state index contributed by atoms with van der Waals surface area (Å²) in [7, 11) is 1.50. The topological polar surface area (TPSA) is 108 Å². The van der Waals surface area contributed by atoms with Crippen LogP contribution >= 0.6 is 0 Å². The van der Waals surface area contributed by atoms with Gasteiger partial charge >= 0.3 is 12.1 Å². The van der Waals surface area contributed by atoms with E-state index in [0.29, 0.717) is 12.8 Å². The van der Waals surface area contributed by atoms with E-state index in [1.807, 2.05) is 0 Å². The Labute approximate surface area is 184 Å². The number of nitrogens with one attached hydrogen (secondary N) is 1. The lowest BCUT2D eigenvalue weighted by molar-refractivity contribution is -0.141. The molecule has 2 fully saturated rings. The molecule has 0 aliphatic carbocycles. The lowest BCUT2D eigenvalue weighted by atomic mass is 9.76. The molecule has 0 aromatic heterocycles. The number of carboxylic acids is 1. The molecule has 2 amide bonds. The van der Waals surface area contributed by atoms with Crippen LogP contribution in [0.5, 0.6) is 0 Å². The van der Waals surface area contributed by atoms with E-state index in [4.69, 9.17) is 9.47 Å². The predicted molar refractivity (Wildman–Crippen MR) is 111 cm³/mol. The molecule has 2 saturated heterocycles. The Balaban J connectivity index is 1.72. The Morgan fingerprint density at radius 1 is 1.28 bits per heavy atom. The van der Waals surface area contributed by atoms with Gasteiger partial charge in [0.25, 0.3) is 0 Å². The molecule has 0 radical (unpaired) electrons. The summed E-state index contributed by atoms with van der Waals surface area (Å²) in [6.07, 6.45) is -0.617. The van der Waals surface area contributed by atoms with Gasteiger partial charge in [0.15, 0.2) is 11.6 Å². The van der Waals surface area contributed by atoms with Gasteiger partial charge in [0, 0.05) is 44.7 Å². The van der Waals surface area contributed by atoms with Crippen molar-refractivity contribution >= 4 is 29.3 Å². The van der Waals surface area contributed by atoms with Crippen LogP contribution in [0.4, 0.5) is 25.0 Å². The van der Waals surface area contributed by atoms with E-state index in [1.54, 1.807) is 4.90 Å². The van der Waals surface area contributed by atoms with Crippen LogP contribution in [0, 0.1) is 17.0 Å². The van der Waals surface area contributed by atoms with Crippen molar-refractivity contribution in [3.63, 3.8) is 0 Å². The summed E-state index contributed by atoms with van der Waals surface area (Å²) in [6.45, 7) is 2.29. The molecule has 176 valence electrons. The summed E-state index contributed by atoms with van der Waals surface area (Å²) in [5.41, 5.74) is -0.764. The number of carbonyl (C=O) groups excluding carboxylic acids is 2. The number of anilines is 2. The minimum absolute atomic E-state index is 0.0238. The Bertz CT molecular complexity index is 865. The van der Waals surface area contributed by atoms with Gasteiger partial charge < -0.3 is 24.8 Å². The molecule has 1 aromatic carbocycles. The fourth-order valence-corrected chi connectivity index (χ4v) is 4.31. The summed E-state index contributed by atoms with van der Waals surface area (Å²) in [4.78, 5) is 37.1. The third-order valence-electron chi connectivity index (χ3n) is 5.88. The molecular formula is C21H27F2N3O6. The largest absolute Gasteiger partial charge is 0.481 e. The monoisotopic (exact) mass is 455 g/mol. The van der Waals surface area contributed by atoms with Crippen LogP contribution in [0.2, 0.25) is 0 Å². The molecule has 2 heterocycles. The van der Waals surface area contributed by atoms with Crippen LogP contribution in [-0.2, 0) is 19.1 Å². The summed E-state index contributed by atoms with van der Waals surface area (Å²) in [5.74, 6) is -2.86. The predicted octanol–water partition coefficient (Wildman–Crippen LogP) is 2.13. The number of hydrogen-bond donors (Lipinski definition) is 2. The molecule has 0 unspecified atom stereocenters. The van der Waals surface area contributed by atoms with Crippen molar-refractivity contribution in [1.82, 2.24) is 5.32 Å².